The summed E-state index contributed by atoms with van der Waals surface area (Å²) in [4.78, 5) is 133. The number of rotatable bonds is 27. The van der Waals surface area contributed by atoms with Crippen LogP contribution in [0.1, 0.15) is 128 Å². The minimum atomic E-state index is -2.43. The molecule has 91 heavy (non-hydrogen) atoms. The number of Topliss-reactive ketones (excluding diaryl/α,β-unsaturated/α-hetero) is 1. The van der Waals surface area contributed by atoms with Gasteiger partial charge in [0.25, 0.3) is 0 Å². The fourth-order valence-corrected chi connectivity index (χ4v) is 13.2. The third-order valence-corrected chi connectivity index (χ3v) is 18.8. The summed E-state index contributed by atoms with van der Waals surface area (Å²) in [5.41, 5.74) is -8.05. The van der Waals surface area contributed by atoms with Crippen LogP contribution in [-0.2, 0) is 66.8 Å². The summed E-state index contributed by atoms with van der Waals surface area (Å²) in [6.45, 7) is 9.38. The standard InChI is InChI=1S/C63H85N5O23/c1-31-41(27-63(86)53(91-58(83)36-18-12-9-13-19-36)51-61(7,42(71)25-43-62(51,85)30-87-43)52(77)49(75)47(31)60(63,5)6)90-59(84)50(76)48(35-16-10-8-11-17-35)68-46(74)26-45(73)64-23-15-14-20-39(56(80)81)67-44(72)22-21-37(28-69)66-54(78)33(3)65-55(79)34(4)88-40-24-38(29-70)89-57(82)32(40)2/h8-13,16-19,28,32-34,37-43,48-51,53,57,70-71,75-76,82,85-86H,14-15,20-27,29-30H2,1-7H3,(H,64,73)(H,65,79)(H,66,78)(H,67,72)(H,68,74)(H,80,81)/t32?,33-,34?,37-,38?,39?,40?,41-,42-,43+,48+,49+,50+,51-,53-,57?,61+,62-,63+/m0/s1. The Morgan fingerprint density at radius 3 is 2.10 bits per heavy atom. The lowest BCUT2D eigenvalue weighted by Gasteiger charge is -2.66. The van der Waals surface area contributed by atoms with E-state index in [1.54, 1.807) is 43.3 Å². The predicted molar refractivity (Wildman–Crippen MR) is 315 cm³/mol. The third-order valence-electron chi connectivity index (χ3n) is 18.8. The fraction of sp³-hybridized carbons (Fsp3) is 0.619. The summed E-state index contributed by atoms with van der Waals surface area (Å²) in [6, 6.07) is 10.0. The Morgan fingerprint density at radius 1 is 0.824 bits per heavy atom. The van der Waals surface area contributed by atoms with Gasteiger partial charge in [0, 0.05) is 49.5 Å². The number of esters is 2. The summed E-state index contributed by atoms with van der Waals surface area (Å²) in [7, 11) is 0. The highest BCUT2D eigenvalue weighted by molar-refractivity contribution is 5.97. The molecule has 3 aliphatic carbocycles. The number of carboxylic acid groups (broad SMARTS) is 1. The number of benzene rings is 2. The van der Waals surface area contributed by atoms with Crippen LogP contribution in [0.3, 0.4) is 0 Å². The Morgan fingerprint density at radius 2 is 1.48 bits per heavy atom. The van der Waals surface area contributed by atoms with Crippen molar-refractivity contribution in [3.05, 3.63) is 82.9 Å². The van der Waals surface area contributed by atoms with Gasteiger partial charge in [0.05, 0.1) is 60.7 Å². The maximum atomic E-state index is 14.9. The van der Waals surface area contributed by atoms with Crippen molar-refractivity contribution in [2.24, 2.45) is 22.7 Å². The van der Waals surface area contributed by atoms with E-state index in [2.05, 4.69) is 26.6 Å². The second kappa shape index (κ2) is 29.7. The van der Waals surface area contributed by atoms with Crippen LogP contribution in [0, 0.1) is 22.7 Å². The molecule has 0 spiro atoms. The lowest BCUT2D eigenvalue weighted by molar-refractivity contribution is -0.343. The fourth-order valence-electron chi connectivity index (χ4n) is 13.2. The number of carboxylic acids is 1. The number of carbonyl (C=O) groups excluding carboxylic acids is 9. The summed E-state index contributed by atoms with van der Waals surface area (Å²) in [6.07, 6.45) is -15.6. The van der Waals surface area contributed by atoms with Gasteiger partial charge in [-0.3, -0.25) is 28.8 Å². The predicted octanol–water partition coefficient (Wildman–Crippen LogP) is -0.996. The van der Waals surface area contributed by atoms with E-state index in [4.69, 9.17) is 23.7 Å². The van der Waals surface area contributed by atoms with Crippen LogP contribution in [0.2, 0.25) is 0 Å². The van der Waals surface area contributed by atoms with Crippen molar-refractivity contribution in [2.45, 2.75) is 203 Å². The molecule has 2 saturated carbocycles. The van der Waals surface area contributed by atoms with E-state index in [0.717, 1.165) is 0 Å². The van der Waals surface area contributed by atoms with Crippen LogP contribution in [0.5, 0.6) is 0 Å². The quantitative estimate of drug-likeness (QED) is 0.0168. The lowest BCUT2D eigenvalue weighted by Crippen LogP contribution is -2.81. The number of amides is 5. The number of aliphatic hydroxyl groups is 7. The molecule has 5 aliphatic rings. The van der Waals surface area contributed by atoms with Crippen molar-refractivity contribution in [1.29, 1.82) is 0 Å². The molecule has 2 heterocycles. The average molecular weight is 1280 g/mol. The molecule has 0 aromatic heterocycles. The molecule has 0 radical (unpaired) electrons. The smallest absolute Gasteiger partial charge is 0.338 e. The van der Waals surface area contributed by atoms with Crippen molar-refractivity contribution in [3.63, 3.8) is 0 Å². The van der Waals surface area contributed by atoms with Crippen molar-refractivity contribution in [1.82, 2.24) is 26.6 Å². The molecular formula is C63H85N5O23. The molecule has 5 amide bonds. The summed E-state index contributed by atoms with van der Waals surface area (Å²) in [5.74, 6) is -10.8. The number of nitrogens with one attached hydrogen (secondary N) is 5. The first-order valence-corrected chi connectivity index (χ1v) is 30.5. The minimum absolute atomic E-state index is 0.0329. The Balaban J connectivity index is 0.920. The van der Waals surface area contributed by atoms with Gasteiger partial charge in [-0.1, -0.05) is 69.3 Å². The first-order chi connectivity index (χ1) is 42.8. The van der Waals surface area contributed by atoms with E-state index in [1.807, 2.05) is 0 Å². The summed E-state index contributed by atoms with van der Waals surface area (Å²) >= 11 is 0. The molecule has 19 atom stereocenters. The largest absolute Gasteiger partial charge is 0.480 e. The monoisotopic (exact) mass is 1280 g/mol. The van der Waals surface area contributed by atoms with Crippen LogP contribution in [0.25, 0.3) is 0 Å². The number of unbranched alkanes of at least 4 members (excludes halogenated alkanes) is 1. The molecule has 13 N–H and O–H groups in total. The minimum Gasteiger partial charge on any atom is -0.480 e. The molecule has 28 heteroatoms. The molecule has 4 fully saturated rings. The molecule has 2 aliphatic heterocycles. The molecular weight excluding hydrogens is 1190 g/mol. The Kier molecular flexibility index (Phi) is 23.2. The van der Waals surface area contributed by atoms with Gasteiger partial charge < -0.3 is 95.9 Å². The van der Waals surface area contributed by atoms with Gasteiger partial charge in [0.2, 0.25) is 29.5 Å². The van der Waals surface area contributed by atoms with Gasteiger partial charge in [-0.2, -0.15) is 0 Å². The van der Waals surface area contributed by atoms with Gasteiger partial charge in [-0.05, 0) is 82.2 Å². The Labute approximate surface area is 525 Å². The molecule has 2 aromatic carbocycles. The highest BCUT2D eigenvalue weighted by Gasteiger charge is 2.76. The molecule has 500 valence electrons. The van der Waals surface area contributed by atoms with E-state index >= 15 is 0 Å². The third kappa shape index (κ3) is 15.4. The van der Waals surface area contributed by atoms with Crippen LogP contribution in [0.15, 0.2) is 71.8 Å². The van der Waals surface area contributed by atoms with E-state index in [0.29, 0.717) is 6.29 Å². The maximum absolute atomic E-state index is 14.9. The first-order valence-electron chi connectivity index (χ1n) is 30.5. The number of ether oxygens (including phenoxy) is 5. The maximum Gasteiger partial charge on any atom is 0.338 e. The lowest BCUT2D eigenvalue weighted by atomic mass is 9.44. The van der Waals surface area contributed by atoms with Crippen LogP contribution < -0.4 is 26.6 Å². The number of aliphatic carboxylic acids is 1. The Bertz CT molecular complexity index is 3040. The number of hydrogen-bond acceptors (Lipinski definition) is 22. The second-order valence-corrected chi connectivity index (χ2v) is 25.2. The van der Waals surface area contributed by atoms with Crippen molar-refractivity contribution in [3.8, 4) is 0 Å². The van der Waals surface area contributed by atoms with Crippen molar-refractivity contribution in [2.75, 3.05) is 19.8 Å². The number of hydrogen-bond donors (Lipinski definition) is 13. The topological polar surface area (TPSA) is 439 Å². The van der Waals surface area contributed by atoms with Gasteiger partial charge >= 0.3 is 17.9 Å². The zero-order valence-corrected chi connectivity index (χ0v) is 51.8. The normalized spacial score (nSPS) is 31.0. The molecule has 2 aromatic rings. The summed E-state index contributed by atoms with van der Waals surface area (Å²) < 4.78 is 29.0. The van der Waals surface area contributed by atoms with Crippen LogP contribution >= 0.6 is 0 Å². The van der Waals surface area contributed by atoms with Gasteiger partial charge in [-0.25, -0.2) is 14.4 Å². The first kappa shape index (κ1) is 71.3. The molecule has 2 saturated heterocycles. The van der Waals surface area contributed by atoms with E-state index in [9.17, 15) is 88.8 Å². The molecule has 28 nitrogen and oxygen atoms in total. The number of aldehydes is 1. The van der Waals surface area contributed by atoms with Crippen LogP contribution in [0.4, 0.5) is 0 Å². The molecule has 2 bridgehead atoms. The number of ketones is 1. The number of aliphatic hydroxyl groups excluding tert-OH is 5. The Hall–Kier alpha value is -7.12. The number of carbonyl (C=O) groups is 10. The SMILES string of the molecule is CC1=C2[C@@H](O)C(=O)[C@@]3(C)[C@H]([C@H](OC(=O)c4ccccc4)[C@](O)(C[C@@H]1OC(=O)[C@H](O)[C@H](NC(=O)CC(=O)NCCCCC(NC(=O)CC[C@@H](C=O)NC(=O)[C@H](C)NC(=O)C(C)OC1CC(CO)OC(O)C1C)C(=O)O)c1ccccc1)C2(C)C)[C@]1(O)CO[C@@H]1C[C@@H]3O. The van der Waals surface area contributed by atoms with E-state index < -0.39 is 192 Å². The zero-order valence-electron chi connectivity index (χ0n) is 51.8. The highest BCUT2D eigenvalue weighted by atomic mass is 16.6. The number of fused-ring (bicyclic) bond motifs is 5. The van der Waals surface area contributed by atoms with E-state index in [-0.39, 0.29) is 80.4 Å². The van der Waals surface area contributed by atoms with Crippen molar-refractivity contribution >= 4 is 59.5 Å². The van der Waals surface area contributed by atoms with Gasteiger partial charge in [0.1, 0.15) is 60.4 Å². The van der Waals surface area contributed by atoms with Gasteiger partial charge in [0.15, 0.2) is 18.2 Å². The van der Waals surface area contributed by atoms with Gasteiger partial charge in [-0.15, -0.1) is 0 Å². The second-order valence-electron chi connectivity index (χ2n) is 25.2. The average Bonchev–Trinajstić information content (AvgIpc) is 0.675. The van der Waals surface area contributed by atoms with Crippen molar-refractivity contribution < 1.29 is 112 Å². The van der Waals surface area contributed by atoms with E-state index in [1.165, 1.54) is 65.8 Å². The highest BCUT2D eigenvalue weighted by Crippen LogP contribution is 2.63. The van der Waals surface area contributed by atoms with Crippen LogP contribution in [-0.4, -0.2) is 211 Å². The summed E-state index contributed by atoms with van der Waals surface area (Å²) in [5, 5.41) is 103. The molecule has 6 unspecified atom stereocenters. The zero-order chi connectivity index (χ0) is 67.1. The molecule has 7 rings (SSSR count).